The predicted molar refractivity (Wildman–Crippen MR) is 132 cm³/mol. The molecule has 3 aromatic carbocycles. The molecule has 0 aliphatic carbocycles. The SMILES string of the molecule is CC[C@H](NC(=O)CN(c1ccc(Cl)c(C(F)(F)F)c1)S(=O)(=O)c1ccccc1)c1ccc(OC)cc1. The number of rotatable bonds is 9. The van der Waals surface area contributed by atoms with Gasteiger partial charge in [-0.15, -0.1) is 0 Å². The van der Waals surface area contributed by atoms with Gasteiger partial charge in [-0.2, -0.15) is 13.2 Å². The Kier molecular flexibility index (Phi) is 8.52. The van der Waals surface area contributed by atoms with Crippen LogP contribution in [0.5, 0.6) is 5.75 Å². The number of anilines is 1. The molecule has 0 saturated carbocycles. The molecule has 0 bridgehead atoms. The van der Waals surface area contributed by atoms with E-state index in [0.29, 0.717) is 22.5 Å². The molecule has 0 aromatic heterocycles. The Hall–Kier alpha value is -3.24. The molecule has 0 spiro atoms. The first kappa shape index (κ1) is 27.3. The predicted octanol–water partition coefficient (Wildman–Crippen LogP) is 5.83. The van der Waals surface area contributed by atoms with Crippen LogP contribution < -0.4 is 14.4 Å². The van der Waals surface area contributed by atoms with Crippen molar-refractivity contribution in [1.29, 1.82) is 0 Å². The summed E-state index contributed by atoms with van der Waals surface area (Å²) in [6, 6.07) is 16.4. The zero-order valence-corrected chi connectivity index (χ0v) is 21.0. The Morgan fingerprint density at radius 3 is 2.25 bits per heavy atom. The van der Waals surface area contributed by atoms with E-state index >= 15 is 0 Å². The van der Waals surface area contributed by atoms with Gasteiger partial charge in [-0.3, -0.25) is 9.10 Å². The Balaban J connectivity index is 1.97. The summed E-state index contributed by atoms with van der Waals surface area (Å²) in [6.07, 6.45) is -4.33. The van der Waals surface area contributed by atoms with E-state index in [-0.39, 0.29) is 10.6 Å². The molecule has 36 heavy (non-hydrogen) atoms. The lowest BCUT2D eigenvalue weighted by atomic mass is 10.0. The van der Waals surface area contributed by atoms with Gasteiger partial charge in [0, 0.05) is 0 Å². The maximum absolute atomic E-state index is 13.5. The number of hydrogen-bond acceptors (Lipinski definition) is 4. The number of halogens is 4. The molecule has 3 rings (SSSR count). The highest BCUT2D eigenvalue weighted by molar-refractivity contribution is 7.92. The van der Waals surface area contributed by atoms with E-state index in [1.807, 2.05) is 6.92 Å². The summed E-state index contributed by atoms with van der Waals surface area (Å²) < 4.78 is 73.1. The van der Waals surface area contributed by atoms with Gasteiger partial charge in [0.25, 0.3) is 10.0 Å². The van der Waals surface area contributed by atoms with Crippen molar-refractivity contribution in [2.75, 3.05) is 18.0 Å². The number of nitrogens with zero attached hydrogens (tertiary/aromatic N) is 1. The van der Waals surface area contributed by atoms with E-state index in [9.17, 15) is 26.4 Å². The van der Waals surface area contributed by atoms with E-state index < -0.39 is 45.3 Å². The van der Waals surface area contributed by atoms with E-state index in [0.717, 1.165) is 17.7 Å². The molecule has 0 saturated heterocycles. The van der Waals surface area contributed by atoms with Gasteiger partial charge in [0.1, 0.15) is 12.3 Å². The first-order chi connectivity index (χ1) is 17.0. The van der Waals surface area contributed by atoms with Gasteiger partial charge >= 0.3 is 6.18 Å². The van der Waals surface area contributed by atoms with Crippen molar-refractivity contribution in [3.05, 3.63) is 88.9 Å². The maximum Gasteiger partial charge on any atom is 0.417 e. The number of hydrogen-bond donors (Lipinski definition) is 1. The molecular weight excluding hydrogens is 517 g/mol. The zero-order chi connectivity index (χ0) is 26.5. The number of nitrogens with one attached hydrogen (secondary N) is 1. The summed E-state index contributed by atoms with van der Waals surface area (Å²) >= 11 is 5.72. The second-order valence-corrected chi connectivity index (χ2v) is 10.1. The Labute approximate surface area is 212 Å². The quantitative estimate of drug-likeness (QED) is 0.370. The van der Waals surface area contributed by atoms with Gasteiger partial charge in [-0.25, -0.2) is 8.42 Å². The fourth-order valence-corrected chi connectivity index (χ4v) is 5.21. The molecule has 0 heterocycles. The first-order valence-corrected chi connectivity index (χ1v) is 12.7. The van der Waals surface area contributed by atoms with Crippen molar-refractivity contribution in [3.63, 3.8) is 0 Å². The molecule has 3 aromatic rings. The van der Waals surface area contributed by atoms with Crippen LogP contribution in [-0.2, 0) is 21.0 Å². The lowest BCUT2D eigenvalue weighted by Crippen LogP contribution is -2.42. The van der Waals surface area contributed by atoms with Crippen LogP contribution >= 0.6 is 11.6 Å². The van der Waals surface area contributed by atoms with Crippen LogP contribution in [-0.4, -0.2) is 28.0 Å². The zero-order valence-electron chi connectivity index (χ0n) is 19.4. The summed E-state index contributed by atoms with van der Waals surface area (Å²) in [6.45, 7) is 1.09. The van der Waals surface area contributed by atoms with Gasteiger partial charge in [-0.1, -0.05) is 48.9 Å². The largest absolute Gasteiger partial charge is 0.497 e. The molecule has 0 aliphatic heterocycles. The third kappa shape index (κ3) is 6.30. The third-order valence-electron chi connectivity index (χ3n) is 5.42. The minimum Gasteiger partial charge on any atom is -0.497 e. The number of ether oxygens (including phenoxy) is 1. The van der Waals surface area contributed by atoms with E-state index in [2.05, 4.69) is 5.32 Å². The fraction of sp³-hybridized carbons (Fsp3) is 0.240. The van der Waals surface area contributed by atoms with Gasteiger partial charge in [0.15, 0.2) is 0 Å². The number of amides is 1. The normalized spacial score (nSPS) is 12.6. The lowest BCUT2D eigenvalue weighted by Gasteiger charge is -2.26. The second kappa shape index (κ2) is 11.2. The van der Waals surface area contributed by atoms with Crippen LogP contribution in [0.4, 0.5) is 18.9 Å². The van der Waals surface area contributed by atoms with Gasteiger partial charge in [0.05, 0.1) is 34.3 Å². The standard InChI is InChI=1S/C25H24ClF3N2O4S/c1-3-23(17-9-12-19(35-2)13-10-17)30-24(32)16-31(36(33,34)20-7-5-4-6-8-20)18-11-14-22(26)21(15-18)25(27,28)29/h4-15,23H,3,16H2,1-2H3,(H,30,32)/t23-/m0/s1. The molecule has 0 aliphatic rings. The Morgan fingerprint density at radius 2 is 1.69 bits per heavy atom. The average Bonchev–Trinajstić information content (AvgIpc) is 2.86. The van der Waals surface area contributed by atoms with Crippen molar-refractivity contribution >= 4 is 33.2 Å². The smallest absolute Gasteiger partial charge is 0.417 e. The van der Waals surface area contributed by atoms with Gasteiger partial charge in [-0.05, 0) is 54.4 Å². The van der Waals surface area contributed by atoms with E-state index in [1.54, 1.807) is 30.3 Å². The molecule has 6 nitrogen and oxygen atoms in total. The van der Waals surface area contributed by atoms with Crippen molar-refractivity contribution in [2.45, 2.75) is 30.5 Å². The first-order valence-electron chi connectivity index (χ1n) is 10.8. The molecule has 11 heteroatoms. The number of carbonyl (C=O) groups excluding carboxylic acids is 1. The molecule has 1 amide bonds. The van der Waals surface area contributed by atoms with Crippen LogP contribution in [0.1, 0.15) is 30.5 Å². The number of benzene rings is 3. The third-order valence-corrected chi connectivity index (χ3v) is 7.54. The molecule has 0 radical (unpaired) electrons. The van der Waals surface area contributed by atoms with E-state index in [1.165, 1.54) is 31.4 Å². The van der Waals surface area contributed by atoms with Crippen LogP contribution in [0.15, 0.2) is 77.7 Å². The van der Waals surface area contributed by atoms with Gasteiger partial charge < -0.3 is 10.1 Å². The summed E-state index contributed by atoms with van der Waals surface area (Å²) in [5.74, 6) is -0.0658. The number of methoxy groups -OCH3 is 1. The van der Waals surface area contributed by atoms with Crippen LogP contribution in [0.3, 0.4) is 0 Å². The van der Waals surface area contributed by atoms with Crippen molar-refractivity contribution < 1.29 is 31.1 Å². The van der Waals surface area contributed by atoms with Crippen LogP contribution in [0.2, 0.25) is 5.02 Å². The minimum atomic E-state index is -4.82. The number of carbonyl (C=O) groups is 1. The molecule has 0 unspecified atom stereocenters. The highest BCUT2D eigenvalue weighted by atomic mass is 35.5. The molecule has 0 fully saturated rings. The topological polar surface area (TPSA) is 75.7 Å². The van der Waals surface area contributed by atoms with Crippen molar-refractivity contribution in [1.82, 2.24) is 5.32 Å². The summed E-state index contributed by atoms with van der Waals surface area (Å²) in [7, 11) is -2.87. The summed E-state index contributed by atoms with van der Waals surface area (Å²) in [4.78, 5) is 12.9. The number of alkyl halides is 3. The van der Waals surface area contributed by atoms with Gasteiger partial charge in [0.2, 0.25) is 5.91 Å². The molecular formula is C25H24ClF3N2O4S. The summed E-state index contributed by atoms with van der Waals surface area (Å²) in [5, 5.41) is 2.18. The van der Waals surface area contributed by atoms with E-state index in [4.69, 9.17) is 16.3 Å². The highest BCUT2D eigenvalue weighted by Crippen LogP contribution is 2.38. The van der Waals surface area contributed by atoms with Crippen LogP contribution in [0, 0.1) is 0 Å². The minimum absolute atomic E-state index is 0.177. The van der Waals surface area contributed by atoms with Crippen molar-refractivity contribution in [3.8, 4) is 5.75 Å². The maximum atomic E-state index is 13.5. The fourth-order valence-electron chi connectivity index (χ4n) is 3.55. The van der Waals surface area contributed by atoms with Crippen molar-refractivity contribution in [2.24, 2.45) is 0 Å². The monoisotopic (exact) mass is 540 g/mol. The average molecular weight is 541 g/mol. The Morgan fingerprint density at radius 1 is 1.06 bits per heavy atom. The second-order valence-electron chi connectivity index (χ2n) is 7.79. The molecule has 192 valence electrons. The number of sulfonamides is 1. The summed E-state index contributed by atoms with van der Waals surface area (Å²) in [5.41, 5.74) is -0.793. The molecule has 1 atom stereocenters. The highest BCUT2D eigenvalue weighted by Gasteiger charge is 2.35. The lowest BCUT2D eigenvalue weighted by molar-refractivity contribution is -0.137. The Bertz CT molecular complexity index is 1300. The molecule has 1 N–H and O–H groups in total. The van der Waals surface area contributed by atoms with Crippen LogP contribution in [0.25, 0.3) is 0 Å².